The lowest BCUT2D eigenvalue weighted by atomic mass is 10.1. The molecule has 0 saturated carbocycles. The average molecular weight is 356 g/mol. The first-order chi connectivity index (χ1) is 11.0. The van der Waals surface area contributed by atoms with Crippen LogP contribution in [0.25, 0.3) is 0 Å². The van der Waals surface area contributed by atoms with E-state index in [4.69, 9.17) is 9.47 Å². The molecule has 3 rings (SSSR count). The first-order valence-corrected chi connectivity index (χ1v) is 10.2. The lowest BCUT2D eigenvalue weighted by Gasteiger charge is -2.27. The van der Waals surface area contributed by atoms with Crippen molar-refractivity contribution in [2.75, 3.05) is 36.4 Å². The Morgan fingerprint density at radius 1 is 1.26 bits per heavy atom. The zero-order valence-corrected chi connectivity index (χ0v) is 15.0. The maximum atomic E-state index is 12.0. The molecule has 0 radical (unpaired) electrons. The number of sulfone groups is 1. The number of anilines is 1. The lowest BCUT2D eigenvalue weighted by molar-refractivity contribution is 0.355. The number of amidine groups is 1. The number of hydrogen-bond acceptors (Lipinski definition) is 7. The maximum Gasteiger partial charge on any atom is 0.164 e. The van der Waals surface area contributed by atoms with Gasteiger partial charge in [-0.15, -0.1) is 0 Å². The molecule has 0 amide bonds. The minimum Gasteiger partial charge on any atom is -0.493 e. The summed E-state index contributed by atoms with van der Waals surface area (Å²) in [6, 6.07) is 5.31. The van der Waals surface area contributed by atoms with Gasteiger partial charge in [-0.1, -0.05) is 18.7 Å². The van der Waals surface area contributed by atoms with E-state index in [1.807, 2.05) is 23.1 Å². The first kappa shape index (κ1) is 16.4. The van der Waals surface area contributed by atoms with Gasteiger partial charge in [0.1, 0.15) is 0 Å². The highest BCUT2D eigenvalue weighted by Gasteiger charge is 2.47. The van der Waals surface area contributed by atoms with E-state index < -0.39 is 9.84 Å². The molecule has 2 heterocycles. The fraction of sp³-hybridized carbons (Fsp3) is 0.533. The van der Waals surface area contributed by atoms with Gasteiger partial charge in [0.2, 0.25) is 0 Å². The Labute approximate surface area is 140 Å². The standard InChI is InChI=1S/C15H20N2O4S2/c1-4-22-15-16-11-8-23(18,19)9-12(11)17(15)10-5-6-13(20-2)14(7-10)21-3/h5-7,11-12H,4,8-9H2,1-3H3/t11-,12-/m1/s1. The van der Waals surface area contributed by atoms with E-state index in [2.05, 4.69) is 11.9 Å². The molecule has 0 N–H and O–H groups in total. The largest absolute Gasteiger partial charge is 0.493 e. The van der Waals surface area contributed by atoms with Crippen LogP contribution >= 0.6 is 11.8 Å². The summed E-state index contributed by atoms with van der Waals surface area (Å²) in [6.07, 6.45) is 0. The van der Waals surface area contributed by atoms with Crippen molar-refractivity contribution in [2.24, 2.45) is 4.99 Å². The molecule has 0 unspecified atom stereocenters. The third-order valence-corrected chi connectivity index (χ3v) is 6.57. The molecule has 1 aromatic rings. The van der Waals surface area contributed by atoms with Gasteiger partial charge in [0.25, 0.3) is 0 Å². The van der Waals surface area contributed by atoms with Crippen molar-refractivity contribution in [3.05, 3.63) is 18.2 Å². The van der Waals surface area contributed by atoms with Gasteiger partial charge < -0.3 is 14.4 Å². The number of thioether (sulfide) groups is 1. The SMILES string of the molecule is CCSC1=N[C@@H]2CS(=O)(=O)C[C@H]2N1c1ccc(OC)c(OC)c1. The van der Waals surface area contributed by atoms with Crippen LogP contribution in [-0.2, 0) is 9.84 Å². The molecule has 0 bridgehead atoms. The fourth-order valence-corrected chi connectivity index (χ4v) is 5.73. The number of nitrogens with zero attached hydrogens (tertiary/aromatic N) is 2. The second-order valence-electron chi connectivity index (χ2n) is 5.47. The van der Waals surface area contributed by atoms with Crippen LogP contribution in [0.2, 0.25) is 0 Å². The number of methoxy groups -OCH3 is 2. The van der Waals surface area contributed by atoms with Crippen LogP contribution < -0.4 is 14.4 Å². The summed E-state index contributed by atoms with van der Waals surface area (Å²) in [5, 5.41) is 0.879. The number of rotatable bonds is 4. The molecule has 1 saturated heterocycles. The summed E-state index contributed by atoms with van der Waals surface area (Å²) in [7, 11) is 0.150. The van der Waals surface area contributed by atoms with Gasteiger partial charge in [0, 0.05) is 11.8 Å². The predicted octanol–water partition coefficient (Wildman–Crippen LogP) is 1.80. The van der Waals surface area contributed by atoms with Crippen molar-refractivity contribution in [2.45, 2.75) is 19.0 Å². The second kappa shape index (κ2) is 6.24. The van der Waals surface area contributed by atoms with Crippen LogP contribution in [0.4, 0.5) is 5.69 Å². The minimum absolute atomic E-state index is 0.132. The molecule has 6 nitrogen and oxygen atoms in total. The maximum absolute atomic E-state index is 12.0. The van der Waals surface area contributed by atoms with Crippen LogP contribution in [0.15, 0.2) is 23.2 Å². The Balaban J connectivity index is 2.00. The highest BCUT2D eigenvalue weighted by molar-refractivity contribution is 8.14. The van der Waals surface area contributed by atoms with Crippen molar-refractivity contribution < 1.29 is 17.9 Å². The molecule has 0 aliphatic carbocycles. The van der Waals surface area contributed by atoms with Gasteiger partial charge in [-0.05, 0) is 17.9 Å². The van der Waals surface area contributed by atoms with Gasteiger partial charge in [0.15, 0.2) is 26.5 Å². The monoisotopic (exact) mass is 356 g/mol. The molecule has 1 aromatic carbocycles. The van der Waals surface area contributed by atoms with E-state index in [0.29, 0.717) is 11.5 Å². The van der Waals surface area contributed by atoms with Gasteiger partial charge in [-0.3, -0.25) is 4.99 Å². The van der Waals surface area contributed by atoms with E-state index in [0.717, 1.165) is 16.6 Å². The number of fused-ring (bicyclic) bond motifs is 1. The van der Waals surface area contributed by atoms with Crippen LogP contribution in [0.3, 0.4) is 0 Å². The smallest absolute Gasteiger partial charge is 0.164 e. The summed E-state index contributed by atoms with van der Waals surface area (Å²) < 4.78 is 34.6. The predicted molar refractivity (Wildman–Crippen MR) is 93.8 cm³/mol. The third-order valence-electron chi connectivity index (χ3n) is 4.03. The van der Waals surface area contributed by atoms with Gasteiger partial charge >= 0.3 is 0 Å². The Morgan fingerprint density at radius 2 is 2.00 bits per heavy atom. The van der Waals surface area contributed by atoms with E-state index in [1.165, 1.54) is 0 Å². The highest BCUT2D eigenvalue weighted by Crippen LogP contribution is 2.38. The summed E-state index contributed by atoms with van der Waals surface area (Å²) in [5.41, 5.74) is 0.881. The van der Waals surface area contributed by atoms with Crippen molar-refractivity contribution in [1.29, 1.82) is 0 Å². The molecule has 8 heteroatoms. The van der Waals surface area contributed by atoms with Gasteiger partial charge in [0.05, 0.1) is 37.8 Å². The Morgan fingerprint density at radius 3 is 2.65 bits per heavy atom. The molecule has 2 aliphatic heterocycles. The summed E-state index contributed by atoms with van der Waals surface area (Å²) >= 11 is 1.63. The van der Waals surface area contributed by atoms with Crippen LogP contribution in [0.1, 0.15) is 6.92 Å². The van der Waals surface area contributed by atoms with Crippen molar-refractivity contribution in [1.82, 2.24) is 0 Å². The molecule has 2 atom stereocenters. The fourth-order valence-electron chi connectivity index (χ4n) is 3.04. The molecule has 1 fully saturated rings. The Kier molecular flexibility index (Phi) is 4.46. The minimum atomic E-state index is -3.03. The van der Waals surface area contributed by atoms with Crippen molar-refractivity contribution in [3.63, 3.8) is 0 Å². The van der Waals surface area contributed by atoms with Crippen LogP contribution in [0.5, 0.6) is 11.5 Å². The average Bonchev–Trinajstić information content (AvgIpc) is 2.98. The zero-order chi connectivity index (χ0) is 16.6. The van der Waals surface area contributed by atoms with E-state index in [1.54, 1.807) is 26.0 Å². The first-order valence-electron chi connectivity index (χ1n) is 7.41. The summed E-state index contributed by atoms with van der Waals surface area (Å²) in [4.78, 5) is 6.68. The van der Waals surface area contributed by atoms with Gasteiger partial charge in [-0.2, -0.15) is 0 Å². The van der Waals surface area contributed by atoms with E-state index >= 15 is 0 Å². The quantitative estimate of drug-likeness (QED) is 0.819. The lowest BCUT2D eigenvalue weighted by Crippen LogP contribution is -2.39. The van der Waals surface area contributed by atoms with Gasteiger partial charge in [-0.25, -0.2) is 8.42 Å². The zero-order valence-electron chi connectivity index (χ0n) is 13.4. The third kappa shape index (κ3) is 3.01. The van der Waals surface area contributed by atoms with E-state index in [9.17, 15) is 8.42 Å². The van der Waals surface area contributed by atoms with Crippen LogP contribution in [0, 0.1) is 0 Å². The molecule has 126 valence electrons. The Hall–Kier alpha value is -1.41. The van der Waals surface area contributed by atoms with E-state index in [-0.39, 0.29) is 23.6 Å². The van der Waals surface area contributed by atoms with Crippen molar-refractivity contribution >= 4 is 32.5 Å². The molecule has 23 heavy (non-hydrogen) atoms. The highest BCUT2D eigenvalue weighted by atomic mass is 32.2. The number of benzene rings is 1. The number of hydrogen-bond donors (Lipinski definition) is 0. The molecular formula is C15H20N2O4S2. The molecule has 0 aromatic heterocycles. The van der Waals surface area contributed by atoms with Crippen LogP contribution in [-0.4, -0.2) is 57.1 Å². The molecule has 2 aliphatic rings. The Bertz CT molecular complexity index is 733. The summed E-state index contributed by atoms with van der Waals surface area (Å²) in [6.45, 7) is 2.06. The molecule has 0 spiro atoms. The normalized spacial score (nSPS) is 25.2. The summed E-state index contributed by atoms with van der Waals surface area (Å²) in [5.74, 6) is 2.43. The number of ether oxygens (including phenoxy) is 2. The van der Waals surface area contributed by atoms with Crippen molar-refractivity contribution in [3.8, 4) is 11.5 Å². The topological polar surface area (TPSA) is 68.2 Å². The number of aliphatic imine (C=N–C) groups is 1. The molecular weight excluding hydrogens is 336 g/mol. The second-order valence-corrected chi connectivity index (χ2v) is 8.85.